The fourth-order valence-corrected chi connectivity index (χ4v) is 7.19. The zero-order valence-electron chi connectivity index (χ0n) is 14.4. The quantitative estimate of drug-likeness (QED) is 0.640. The average molecular weight is 304 g/mol. The molecule has 4 aliphatic rings. The Balaban J connectivity index is 1.59. The topological polar surface area (TPSA) is 26.3 Å². The highest BCUT2D eigenvalue weighted by molar-refractivity contribution is 5.66. The third-order valence-corrected chi connectivity index (χ3v) is 7.99. The first-order valence-corrected chi connectivity index (χ1v) is 9.76. The number of fused-ring (bicyclic) bond motifs is 5. The average Bonchev–Trinajstić information content (AvgIpc) is 2.88. The van der Waals surface area contributed by atoms with Crippen LogP contribution >= 0.6 is 0 Å². The molecule has 22 heavy (non-hydrogen) atoms. The molecular formula is C20H32O2. The SMILES string of the molecule is CC(=O)OC1CCCC2CC[C@@H]3[C@H](CC[C@]4(C)CCC[C@@H]34)[C@H]21. The summed E-state index contributed by atoms with van der Waals surface area (Å²) in [6, 6.07) is 0. The lowest BCUT2D eigenvalue weighted by atomic mass is 9.50. The Bertz CT molecular complexity index is 445. The molecule has 4 rings (SSSR count). The van der Waals surface area contributed by atoms with Crippen molar-refractivity contribution in [1.29, 1.82) is 0 Å². The molecule has 4 fully saturated rings. The molecule has 0 bridgehead atoms. The van der Waals surface area contributed by atoms with E-state index in [1.54, 1.807) is 6.92 Å². The van der Waals surface area contributed by atoms with Gasteiger partial charge in [0.1, 0.15) is 6.10 Å². The van der Waals surface area contributed by atoms with Gasteiger partial charge in [-0.2, -0.15) is 0 Å². The molecule has 0 aromatic heterocycles. The van der Waals surface area contributed by atoms with E-state index in [1.165, 1.54) is 57.8 Å². The third kappa shape index (κ3) is 2.32. The second-order valence-corrected chi connectivity index (χ2v) is 9.01. The second kappa shape index (κ2) is 5.53. The maximum absolute atomic E-state index is 11.6. The summed E-state index contributed by atoms with van der Waals surface area (Å²) in [4.78, 5) is 11.6. The van der Waals surface area contributed by atoms with Crippen molar-refractivity contribution in [2.45, 2.75) is 84.2 Å². The molecular weight excluding hydrogens is 272 g/mol. The predicted octanol–water partition coefficient (Wildman–Crippen LogP) is 4.96. The molecule has 0 aromatic rings. The van der Waals surface area contributed by atoms with Crippen LogP contribution in [0.5, 0.6) is 0 Å². The van der Waals surface area contributed by atoms with E-state index in [9.17, 15) is 4.79 Å². The van der Waals surface area contributed by atoms with Crippen molar-refractivity contribution in [3.8, 4) is 0 Å². The molecule has 4 saturated carbocycles. The summed E-state index contributed by atoms with van der Waals surface area (Å²) in [5, 5.41) is 0. The summed E-state index contributed by atoms with van der Waals surface area (Å²) in [5.74, 6) is 4.20. The fraction of sp³-hybridized carbons (Fsp3) is 0.950. The van der Waals surface area contributed by atoms with Crippen molar-refractivity contribution in [3.63, 3.8) is 0 Å². The van der Waals surface area contributed by atoms with Crippen molar-refractivity contribution in [2.24, 2.45) is 35.0 Å². The van der Waals surface area contributed by atoms with Crippen LogP contribution < -0.4 is 0 Å². The minimum atomic E-state index is -0.0608. The number of ether oxygens (including phenoxy) is 1. The lowest BCUT2D eigenvalue weighted by molar-refractivity contribution is -0.162. The molecule has 0 aromatic carbocycles. The summed E-state index contributed by atoms with van der Waals surface area (Å²) in [5.41, 5.74) is 0.638. The number of rotatable bonds is 1. The number of carbonyl (C=O) groups is 1. The van der Waals surface area contributed by atoms with Crippen LogP contribution in [0.2, 0.25) is 0 Å². The van der Waals surface area contributed by atoms with Gasteiger partial charge in [0.2, 0.25) is 0 Å². The van der Waals surface area contributed by atoms with Crippen LogP contribution in [0.1, 0.15) is 78.1 Å². The molecule has 0 amide bonds. The van der Waals surface area contributed by atoms with Crippen LogP contribution in [0, 0.1) is 35.0 Å². The summed E-state index contributed by atoms with van der Waals surface area (Å²) < 4.78 is 5.81. The van der Waals surface area contributed by atoms with Gasteiger partial charge in [0.05, 0.1) is 0 Å². The molecule has 0 heterocycles. The Morgan fingerprint density at radius 2 is 1.82 bits per heavy atom. The molecule has 0 aliphatic heterocycles. The Labute approximate surface area is 135 Å². The van der Waals surface area contributed by atoms with E-state index in [0.717, 1.165) is 30.1 Å². The first kappa shape index (κ1) is 15.0. The molecule has 7 atom stereocenters. The van der Waals surface area contributed by atoms with Crippen LogP contribution in [0.15, 0.2) is 0 Å². The van der Waals surface area contributed by atoms with Crippen molar-refractivity contribution in [2.75, 3.05) is 0 Å². The maximum atomic E-state index is 11.6. The van der Waals surface area contributed by atoms with Gasteiger partial charge in [-0.15, -0.1) is 0 Å². The summed E-state index contributed by atoms with van der Waals surface area (Å²) in [6.45, 7) is 4.16. The zero-order valence-corrected chi connectivity index (χ0v) is 14.4. The first-order chi connectivity index (χ1) is 10.6. The van der Waals surface area contributed by atoms with Crippen LogP contribution in [-0.4, -0.2) is 12.1 Å². The molecule has 0 saturated heterocycles. The van der Waals surface area contributed by atoms with Gasteiger partial charge >= 0.3 is 5.97 Å². The second-order valence-electron chi connectivity index (χ2n) is 9.01. The molecule has 2 nitrogen and oxygen atoms in total. The van der Waals surface area contributed by atoms with Gasteiger partial charge in [-0.1, -0.05) is 13.3 Å². The monoisotopic (exact) mass is 304 g/mol. The summed E-state index contributed by atoms with van der Waals surface area (Å²) in [6.07, 6.45) is 14.0. The fourth-order valence-electron chi connectivity index (χ4n) is 7.19. The van der Waals surface area contributed by atoms with E-state index in [1.807, 2.05) is 0 Å². The van der Waals surface area contributed by atoms with Crippen LogP contribution in [-0.2, 0) is 9.53 Å². The predicted molar refractivity (Wildman–Crippen MR) is 87.3 cm³/mol. The van der Waals surface area contributed by atoms with Gasteiger partial charge in [0.25, 0.3) is 0 Å². The van der Waals surface area contributed by atoms with Crippen LogP contribution in [0.4, 0.5) is 0 Å². The number of carbonyl (C=O) groups excluding carboxylic acids is 1. The standard InChI is InChI=1S/C20H32O2/c1-13(21)22-18-7-3-5-14-8-9-15-16(19(14)18)10-12-20(2)11-4-6-17(15)20/h14-19H,3-12H2,1-2H3/t14?,15-,16+,17+,18?,19+,20+/m1/s1. The molecule has 0 N–H and O–H groups in total. The third-order valence-electron chi connectivity index (χ3n) is 7.99. The smallest absolute Gasteiger partial charge is 0.302 e. The van der Waals surface area contributed by atoms with E-state index >= 15 is 0 Å². The Kier molecular flexibility index (Phi) is 3.77. The minimum absolute atomic E-state index is 0.0608. The lowest BCUT2D eigenvalue weighted by Gasteiger charge is -2.56. The van der Waals surface area contributed by atoms with Crippen molar-refractivity contribution in [1.82, 2.24) is 0 Å². The van der Waals surface area contributed by atoms with Crippen molar-refractivity contribution >= 4 is 5.97 Å². The molecule has 2 heteroatoms. The Morgan fingerprint density at radius 1 is 0.955 bits per heavy atom. The first-order valence-electron chi connectivity index (χ1n) is 9.76. The van der Waals surface area contributed by atoms with Crippen molar-refractivity contribution < 1.29 is 9.53 Å². The highest BCUT2D eigenvalue weighted by atomic mass is 16.5. The Morgan fingerprint density at radius 3 is 2.64 bits per heavy atom. The van der Waals surface area contributed by atoms with Crippen LogP contribution in [0.3, 0.4) is 0 Å². The van der Waals surface area contributed by atoms with Crippen LogP contribution in [0.25, 0.3) is 0 Å². The number of hydrogen-bond acceptors (Lipinski definition) is 2. The minimum Gasteiger partial charge on any atom is -0.462 e. The highest BCUT2D eigenvalue weighted by Gasteiger charge is 2.55. The Hall–Kier alpha value is -0.530. The van der Waals surface area contributed by atoms with E-state index in [2.05, 4.69) is 6.92 Å². The zero-order chi connectivity index (χ0) is 15.3. The van der Waals surface area contributed by atoms with Gasteiger partial charge in [-0.25, -0.2) is 0 Å². The van der Waals surface area contributed by atoms with E-state index in [4.69, 9.17) is 4.74 Å². The van der Waals surface area contributed by atoms with Gasteiger partial charge < -0.3 is 4.74 Å². The maximum Gasteiger partial charge on any atom is 0.302 e. The molecule has 124 valence electrons. The van der Waals surface area contributed by atoms with E-state index in [0.29, 0.717) is 11.3 Å². The number of hydrogen-bond donors (Lipinski definition) is 0. The normalized spacial score (nSPS) is 50.6. The van der Waals surface area contributed by atoms with E-state index < -0.39 is 0 Å². The molecule has 2 unspecified atom stereocenters. The summed E-state index contributed by atoms with van der Waals surface area (Å²) in [7, 11) is 0. The van der Waals surface area contributed by atoms with Gasteiger partial charge in [0, 0.05) is 12.8 Å². The highest BCUT2D eigenvalue weighted by Crippen LogP contribution is 2.62. The molecule has 0 spiro atoms. The largest absolute Gasteiger partial charge is 0.462 e. The molecule has 4 aliphatic carbocycles. The van der Waals surface area contributed by atoms with Crippen molar-refractivity contribution in [3.05, 3.63) is 0 Å². The number of esters is 1. The van der Waals surface area contributed by atoms with Gasteiger partial charge in [0.15, 0.2) is 0 Å². The van der Waals surface area contributed by atoms with Gasteiger partial charge in [-0.3, -0.25) is 4.79 Å². The summed E-state index contributed by atoms with van der Waals surface area (Å²) >= 11 is 0. The molecule has 0 radical (unpaired) electrons. The van der Waals surface area contributed by atoms with E-state index in [-0.39, 0.29) is 12.1 Å². The van der Waals surface area contributed by atoms with Gasteiger partial charge in [-0.05, 0) is 86.9 Å². The lowest BCUT2D eigenvalue weighted by Crippen LogP contribution is -2.51.